The standard InChI is InChI=1S/C16H22FN3/c1-2-20(12-16-5-3-4-8-19-16)11-14-9-15(17)7-6-13(14)10-18/h6-7,9,16,19H,2-5,8,11-12H2,1H3. The molecule has 0 aliphatic carbocycles. The van der Waals surface area contributed by atoms with Gasteiger partial charge in [0.1, 0.15) is 5.82 Å². The molecule has 1 saturated heterocycles. The minimum absolute atomic E-state index is 0.272. The first-order valence-electron chi connectivity index (χ1n) is 7.37. The van der Waals surface area contributed by atoms with E-state index >= 15 is 0 Å². The van der Waals surface area contributed by atoms with Crippen LogP contribution in [0.5, 0.6) is 0 Å². The predicted molar refractivity (Wildman–Crippen MR) is 77.7 cm³/mol. The molecule has 2 rings (SSSR count). The molecule has 1 aliphatic heterocycles. The Morgan fingerprint density at radius 2 is 2.30 bits per heavy atom. The summed E-state index contributed by atoms with van der Waals surface area (Å²) in [6.45, 7) is 5.69. The third kappa shape index (κ3) is 4.03. The highest BCUT2D eigenvalue weighted by Crippen LogP contribution is 2.15. The van der Waals surface area contributed by atoms with E-state index in [-0.39, 0.29) is 5.82 Å². The molecule has 1 aliphatic rings. The van der Waals surface area contributed by atoms with Crippen molar-refractivity contribution in [2.75, 3.05) is 19.6 Å². The van der Waals surface area contributed by atoms with Gasteiger partial charge in [-0.2, -0.15) is 5.26 Å². The number of halogens is 1. The first-order valence-corrected chi connectivity index (χ1v) is 7.37. The normalized spacial score (nSPS) is 19.0. The van der Waals surface area contributed by atoms with Crippen molar-refractivity contribution in [2.45, 2.75) is 38.8 Å². The second-order valence-corrected chi connectivity index (χ2v) is 5.39. The zero-order valence-electron chi connectivity index (χ0n) is 12.0. The Kier molecular flexibility index (Phi) is 5.51. The van der Waals surface area contributed by atoms with E-state index in [0.29, 0.717) is 18.2 Å². The van der Waals surface area contributed by atoms with E-state index in [4.69, 9.17) is 5.26 Å². The van der Waals surface area contributed by atoms with E-state index in [0.717, 1.165) is 25.2 Å². The smallest absolute Gasteiger partial charge is 0.123 e. The van der Waals surface area contributed by atoms with Crippen molar-refractivity contribution in [3.8, 4) is 6.07 Å². The van der Waals surface area contributed by atoms with Crippen molar-refractivity contribution < 1.29 is 4.39 Å². The maximum absolute atomic E-state index is 13.4. The number of nitrogens with zero attached hydrogens (tertiary/aromatic N) is 2. The second kappa shape index (κ2) is 7.37. The van der Waals surface area contributed by atoms with Crippen molar-refractivity contribution in [3.05, 3.63) is 35.1 Å². The number of nitriles is 1. The summed E-state index contributed by atoms with van der Waals surface area (Å²) in [4.78, 5) is 2.28. The van der Waals surface area contributed by atoms with E-state index < -0.39 is 0 Å². The van der Waals surface area contributed by atoms with Crippen LogP contribution in [0.25, 0.3) is 0 Å². The SMILES string of the molecule is CCN(Cc1cc(F)ccc1C#N)CC1CCCCN1. The lowest BCUT2D eigenvalue weighted by atomic mass is 10.0. The molecule has 4 heteroatoms. The molecule has 1 heterocycles. The van der Waals surface area contributed by atoms with Crippen LogP contribution in [0.15, 0.2) is 18.2 Å². The quantitative estimate of drug-likeness (QED) is 0.898. The Labute approximate surface area is 120 Å². The second-order valence-electron chi connectivity index (χ2n) is 5.39. The van der Waals surface area contributed by atoms with Gasteiger partial charge in [-0.15, -0.1) is 0 Å². The predicted octanol–water partition coefficient (Wildman–Crippen LogP) is 2.66. The number of benzene rings is 1. The van der Waals surface area contributed by atoms with Gasteiger partial charge in [-0.1, -0.05) is 13.3 Å². The molecule has 0 saturated carbocycles. The summed E-state index contributed by atoms with van der Waals surface area (Å²) in [5.41, 5.74) is 1.35. The van der Waals surface area contributed by atoms with Crippen LogP contribution in [0, 0.1) is 17.1 Å². The summed E-state index contributed by atoms with van der Waals surface area (Å²) < 4.78 is 13.4. The Morgan fingerprint density at radius 1 is 1.45 bits per heavy atom. The van der Waals surface area contributed by atoms with Crippen LogP contribution in [0.1, 0.15) is 37.3 Å². The number of rotatable bonds is 5. The molecule has 0 aromatic heterocycles. The molecule has 0 bridgehead atoms. The van der Waals surface area contributed by atoms with E-state index in [1.54, 1.807) is 6.07 Å². The Morgan fingerprint density at radius 3 is 2.95 bits per heavy atom. The van der Waals surface area contributed by atoms with Gasteiger partial charge < -0.3 is 5.32 Å². The van der Waals surface area contributed by atoms with Crippen LogP contribution in [0.2, 0.25) is 0 Å². The molecule has 0 radical (unpaired) electrons. The summed E-state index contributed by atoms with van der Waals surface area (Å²) in [6, 6.07) is 7.06. The molecule has 108 valence electrons. The van der Waals surface area contributed by atoms with E-state index in [1.807, 2.05) is 0 Å². The minimum Gasteiger partial charge on any atom is -0.313 e. The highest BCUT2D eigenvalue weighted by molar-refractivity contribution is 5.37. The van der Waals surface area contributed by atoms with Crippen molar-refractivity contribution >= 4 is 0 Å². The minimum atomic E-state index is -0.272. The number of hydrogen-bond acceptors (Lipinski definition) is 3. The Hall–Kier alpha value is -1.44. The fraction of sp³-hybridized carbons (Fsp3) is 0.562. The average molecular weight is 275 g/mol. The fourth-order valence-electron chi connectivity index (χ4n) is 2.74. The van der Waals surface area contributed by atoms with Gasteiger partial charge in [0, 0.05) is 19.1 Å². The highest BCUT2D eigenvalue weighted by Gasteiger charge is 2.17. The molecule has 1 fully saturated rings. The van der Waals surface area contributed by atoms with Crippen LogP contribution >= 0.6 is 0 Å². The van der Waals surface area contributed by atoms with Crippen molar-refractivity contribution in [3.63, 3.8) is 0 Å². The van der Waals surface area contributed by atoms with Gasteiger partial charge in [0.15, 0.2) is 0 Å². The monoisotopic (exact) mass is 275 g/mol. The fourth-order valence-corrected chi connectivity index (χ4v) is 2.74. The Bertz CT molecular complexity index is 475. The van der Waals surface area contributed by atoms with Crippen molar-refractivity contribution in [2.24, 2.45) is 0 Å². The van der Waals surface area contributed by atoms with E-state index in [2.05, 4.69) is 23.2 Å². The lowest BCUT2D eigenvalue weighted by molar-refractivity contribution is 0.226. The van der Waals surface area contributed by atoms with Gasteiger partial charge >= 0.3 is 0 Å². The lowest BCUT2D eigenvalue weighted by Gasteiger charge is -2.30. The molecule has 1 aromatic rings. The van der Waals surface area contributed by atoms with Gasteiger partial charge in [0.2, 0.25) is 0 Å². The number of hydrogen-bond donors (Lipinski definition) is 1. The number of nitrogens with one attached hydrogen (secondary N) is 1. The third-order valence-corrected chi connectivity index (χ3v) is 3.92. The van der Waals surface area contributed by atoms with Gasteiger partial charge in [-0.05, 0) is 49.7 Å². The van der Waals surface area contributed by atoms with Gasteiger partial charge in [0.05, 0.1) is 11.6 Å². The number of piperidine rings is 1. The largest absolute Gasteiger partial charge is 0.313 e. The maximum Gasteiger partial charge on any atom is 0.123 e. The van der Waals surface area contributed by atoms with Crippen LogP contribution in [-0.2, 0) is 6.54 Å². The summed E-state index contributed by atoms with van der Waals surface area (Å²) in [7, 11) is 0. The molecule has 3 nitrogen and oxygen atoms in total. The van der Waals surface area contributed by atoms with E-state index in [1.165, 1.54) is 31.4 Å². The molecular formula is C16H22FN3. The number of likely N-dealkylation sites (N-methyl/N-ethyl adjacent to an activating group) is 1. The molecule has 1 N–H and O–H groups in total. The summed E-state index contributed by atoms with van der Waals surface area (Å²) in [5.74, 6) is -0.272. The zero-order chi connectivity index (χ0) is 14.4. The lowest BCUT2D eigenvalue weighted by Crippen LogP contribution is -2.43. The highest BCUT2D eigenvalue weighted by atomic mass is 19.1. The summed E-state index contributed by atoms with van der Waals surface area (Å²) >= 11 is 0. The van der Waals surface area contributed by atoms with Crippen molar-refractivity contribution in [1.29, 1.82) is 5.26 Å². The molecule has 1 atom stereocenters. The summed E-state index contributed by atoms with van der Waals surface area (Å²) in [5, 5.41) is 12.6. The van der Waals surface area contributed by atoms with Crippen molar-refractivity contribution in [1.82, 2.24) is 10.2 Å². The Balaban J connectivity index is 2.02. The van der Waals surface area contributed by atoms with Gasteiger partial charge in [-0.3, -0.25) is 4.90 Å². The molecule has 0 amide bonds. The summed E-state index contributed by atoms with van der Waals surface area (Å²) in [6.07, 6.45) is 3.73. The van der Waals surface area contributed by atoms with Gasteiger partial charge in [0.25, 0.3) is 0 Å². The molecule has 1 unspecified atom stereocenters. The van der Waals surface area contributed by atoms with Crippen LogP contribution in [0.3, 0.4) is 0 Å². The molecule has 1 aromatic carbocycles. The average Bonchev–Trinajstić information content (AvgIpc) is 2.48. The molecular weight excluding hydrogens is 253 g/mol. The first-order chi connectivity index (χ1) is 9.72. The maximum atomic E-state index is 13.4. The third-order valence-electron chi connectivity index (χ3n) is 3.92. The van der Waals surface area contributed by atoms with Crippen LogP contribution in [0.4, 0.5) is 4.39 Å². The molecule has 0 spiro atoms. The van der Waals surface area contributed by atoms with Crippen LogP contribution < -0.4 is 5.32 Å². The van der Waals surface area contributed by atoms with Crippen LogP contribution in [-0.4, -0.2) is 30.6 Å². The zero-order valence-corrected chi connectivity index (χ0v) is 12.0. The van der Waals surface area contributed by atoms with Gasteiger partial charge in [-0.25, -0.2) is 4.39 Å². The molecule has 20 heavy (non-hydrogen) atoms. The topological polar surface area (TPSA) is 39.1 Å². The van der Waals surface area contributed by atoms with E-state index in [9.17, 15) is 4.39 Å². The first kappa shape index (κ1) is 15.0.